The van der Waals surface area contributed by atoms with Crippen molar-refractivity contribution in [1.82, 2.24) is 0 Å². The van der Waals surface area contributed by atoms with Crippen LogP contribution in [0.25, 0.3) is 0 Å². The molecule has 0 radical (unpaired) electrons. The number of nitrogens with zero attached hydrogens (tertiary/aromatic N) is 2. The molecule has 0 aliphatic carbocycles. The van der Waals surface area contributed by atoms with Crippen molar-refractivity contribution in [2.24, 2.45) is 0 Å². The van der Waals surface area contributed by atoms with Crippen LogP contribution in [0.3, 0.4) is 0 Å². The molecule has 5 nitrogen and oxygen atoms in total. The van der Waals surface area contributed by atoms with E-state index in [-0.39, 0.29) is 11.9 Å². The zero-order valence-corrected chi connectivity index (χ0v) is 16.9. The first kappa shape index (κ1) is 19.4. The van der Waals surface area contributed by atoms with Gasteiger partial charge in [0.25, 0.3) is 0 Å². The largest absolute Gasteiger partial charge is 0.309 e. The average Bonchev–Trinajstić information content (AvgIpc) is 2.94. The Morgan fingerprint density at radius 3 is 2.52 bits per heavy atom. The minimum atomic E-state index is -3.41. The number of fused-ring (bicyclic) bond motifs is 1. The molecule has 0 saturated carbocycles. The van der Waals surface area contributed by atoms with Crippen LogP contribution in [-0.4, -0.2) is 33.2 Å². The summed E-state index contributed by atoms with van der Waals surface area (Å²) < 4.78 is 25.9. The fourth-order valence-electron chi connectivity index (χ4n) is 3.75. The average molecular weight is 387 g/mol. The fourth-order valence-corrected chi connectivity index (χ4v) is 4.77. The Bertz CT molecular complexity index is 940. The van der Waals surface area contributed by atoms with Crippen LogP contribution in [0, 0.1) is 6.92 Å². The first-order valence-corrected chi connectivity index (χ1v) is 11.1. The number of rotatable bonds is 6. The third kappa shape index (κ3) is 4.16. The van der Waals surface area contributed by atoms with Crippen LogP contribution in [0.1, 0.15) is 30.9 Å². The van der Waals surface area contributed by atoms with Crippen LogP contribution < -0.4 is 9.21 Å². The summed E-state index contributed by atoms with van der Waals surface area (Å²) in [6.07, 6.45) is 2.86. The van der Waals surface area contributed by atoms with E-state index in [9.17, 15) is 13.2 Å². The predicted octanol–water partition coefficient (Wildman–Crippen LogP) is 3.52. The highest BCUT2D eigenvalue weighted by Gasteiger charge is 2.30. The zero-order chi connectivity index (χ0) is 19.6. The van der Waals surface area contributed by atoms with Crippen molar-refractivity contribution in [1.29, 1.82) is 0 Å². The van der Waals surface area contributed by atoms with Gasteiger partial charge in [0.05, 0.1) is 11.9 Å². The van der Waals surface area contributed by atoms with Crippen LogP contribution in [0.4, 0.5) is 11.4 Å². The fraction of sp³-hybridized carbons (Fsp3) is 0.381. The highest BCUT2D eigenvalue weighted by molar-refractivity contribution is 7.92. The zero-order valence-electron chi connectivity index (χ0n) is 16.1. The summed E-state index contributed by atoms with van der Waals surface area (Å²) in [6, 6.07) is 15.5. The van der Waals surface area contributed by atoms with E-state index >= 15 is 0 Å². The van der Waals surface area contributed by atoms with Gasteiger partial charge >= 0.3 is 0 Å². The first-order valence-electron chi connectivity index (χ1n) is 9.22. The number of amides is 1. The molecule has 1 atom stereocenters. The first-order chi connectivity index (χ1) is 12.8. The normalized spacial score (nSPS) is 16.3. The van der Waals surface area contributed by atoms with Gasteiger partial charge < -0.3 is 4.90 Å². The number of aryl methyl sites for hydroxylation is 1. The van der Waals surface area contributed by atoms with E-state index in [1.165, 1.54) is 16.1 Å². The molecule has 0 saturated heterocycles. The summed E-state index contributed by atoms with van der Waals surface area (Å²) in [4.78, 5) is 14.7. The number of benzene rings is 2. The molecule has 1 aliphatic rings. The van der Waals surface area contributed by atoms with Crippen LogP contribution in [0.5, 0.6) is 0 Å². The van der Waals surface area contributed by atoms with Gasteiger partial charge in [-0.3, -0.25) is 9.10 Å². The Morgan fingerprint density at radius 1 is 1.15 bits per heavy atom. The molecule has 0 aromatic heterocycles. The number of carbonyl (C=O) groups excluding carboxylic acids is 1. The molecule has 1 aliphatic heterocycles. The van der Waals surface area contributed by atoms with Gasteiger partial charge in [0.15, 0.2) is 0 Å². The van der Waals surface area contributed by atoms with Gasteiger partial charge in [-0.05, 0) is 49.9 Å². The van der Waals surface area contributed by atoms with Gasteiger partial charge in [0, 0.05) is 24.7 Å². The predicted molar refractivity (Wildman–Crippen MR) is 110 cm³/mol. The van der Waals surface area contributed by atoms with Crippen LogP contribution in [0.2, 0.25) is 0 Å². The second-order valence-corrected chi connectivity index (χ2v) is 9.08. The van der Waals surface area contributed by atoms with Gasteiger partial charge in [-0.25, -0.2) is 8.42 Å². The van der Waals surface area contributed by atoms with E-state index in [2.05, 4.69) is 6.07 Å². The van der Waals surface area contributed by atoms with Gasteiger partial charge in [0.2, 0.25) is 15.9 Å². The Kier molecular flexibility index (Phi) is 5.56. The van der Waals surface area contributed by atoms with Crippen LogP contribution in [0.15, 0.2) is 48.5 Å². The number of carbonyl (C=O) groups is 1. The maximum atomic E-state index is 12.8. The van der Waals surface area contributed by atoms with E-state index in [0.717, 1.165) is 17.7 Å². The molecule has 1 amide bonds. The second kappa shape index (κ2) is 7.72. The number of sulfonamides is 1. The summed E-state index contributed by atoms with van der Waals surface area (Å²) in [5, 5.41) is 0. The van der Waals surface area contributed by atoms with E-state index < -0.39 is 10.0 Å². The van der Waals surface area contributed by atoms with E-state index in [4.69, 9.17) is 0 Å². The lowest BCUT2D eigenvalue weighted by molar-refractivity contribution is -0.118. The monoisotopic (exact) mass is 386 g/mol. The summed E-state index contributed by atoms with van der Waals surface area (Å²) in [5.41, 5.74) is 3.74. The molecular weight excluding hydrogens is 360 g/mol. The minimum Gasteiger partial charge on any atom is -0.309 e. The maximum absolute atomic E-state index is 12.8. The summed E-state index contributed by atoms with van der Waals surface area (Å²) in [5.74, 6) is 0.0469. The second-order valence-electron chi connectivity index (χ2n) is 7.17. The molecular formula is C21H26N2O3S. The third-order valence-corrected chi connectivity index (χ3v) is 6.19. The number of hydrogen-bond donors (Lipinski definition) is 0. The van der Waals surface area contributed by atoms with E-state index in [1.54, 1.807) is 6.07 Å². The summed E-state index contributed by atoms with van der Waals surface area (Å²) in [6.45, 7) is 4.23. The minimum absolute atomic E-state index is 0.0469. The lowest BCUT2D eigenvalue weighted by Crippen LogP contribution is -2.37. The van der Waals surface area contributed by atoms with Crippen LogP contribution in [-0.2, 0) is 21.2 Å². The van der Waals surface area contributed by atoms with Gasteiger partial charge in [0.1, 0.15) is 0 Å². The summed E-state index contributed by atoms with van der Waals surface area (Å²) >= 11 is 0. The highest BCUT2D eigenvalue weighted by atomic mass is 32.2. The Balaban J connectivity index is 1.69. The Labute approximate surface area is 161 Å². The molecule has 6 heteroatoms. The molecule has 3 rings (SSSR count). The molecule has 1 heterocycles. The number of hydrogen-bond acceptors (Lipinski definition) is 3. The smallest absolute Gasteiger partial charge is 0.232 e. The molecule has 2 aromatic rings. The van der Waals surface area contributed by atoms with E-state index in [0.29, 0.717) is 25.1 Å². The number of para-hydroxylation sites is 2. The van der Waals surface area contributed by atoms with E-state index in [1.807, 2.05) is 55.1 Å². The highest BCUT2D eigenvalue weighted by Crippen LogP contribution is 2.32. The van der Waals surface area contributed by atoms with Gasteiger partial charge in [-0.1, -0.05) is 36.4 Å². The quantitative estimate of drug-likeness (QED) is 0.763. The molecule has 0 fully saturated rings. The molecule has 0 N–H and O–H groups in total. The van der Waals surface area contributed by atoms with Gasteiger partial charge in [-0.15, -0.1) is 0 Å². The Hall–Kier alpha value is -2.34. The standard InChI is InChI=1S/C21H26N2O3S/c1-16-9-4-6-11-19(16)22(27(3,25)26)14-8-13-21(24)23-17(2)15-18-10-5-7-12-20(18)23/h4-7,9-12,17H,8,13-15H2,1-3H3/t17-/m0/s1. The summed E-state index contributed by atoms with van der Waals surface area (Å²) in [7, 11) is -3.41. The maximum Gasteiger partial charge on any atom is 0.232 e. The number of anilines is 2. The Morgan fingerprint density at radius 2 is 1.81 bits per heavy atom. The molecule has 144 valence electrons. The van der Waals surface area contributed by atoms with Gasteiger partial charge in [-0.2, -0.15) is 0 Å². The molecule has 0 unspecified atom stereocenters. The SMILES string of the molecule is Cc1ccccc1N(CCCC(=O)N1c2ccccc2C[C@@H]1C)S(C)(=O)=O. The van der Waals surface area contributed by atoms with Crippen molar-refractivity contribution >= 4 is 27.3 Å². The van der Waals surface area contributed by atoms with Crippen molar-refractivity contribution in [3.8, 4) is 0 Å². The van der Waals surface area contributed by atoms with Crippen LogP contribution >= 0.6 is 0 Å². The molecule has 0 bridgehead atoms. The van der Waals surface area contributed by atoms with Crippen molar-refractivity contribution < 1.29 is 13.2 Å². The molecule has 0 spiro atoms. The molecule has 27 heavy (non-hydrogen) atoms. The third-order valence-electron chi connectivity index (χ3n) is 5.01. The molecule has 2 aromatic carbocycles. The van der Waals surface area contributed by atoms with Crippen molar-refractivity contribution in [3.63, 3.8) is 0 Å². The van der Waals surface area contributed by atoms with Crippen molar-refractivity contribution in [2.45, 2.75) is 39.2 Å². The van der Waals surface area contributed by atoms with Crippen molar-refractivity contribution in [2.75, 3.05) is 22.0 Å². The lowest BCUT2D eigenvalue weighted by atomic mass is 10.1. The topological polar surface area (TPSA) is 57.7 Å². The lowest BCUT2D eigenvalue weighted by Gasteiger charge is -2.26. The van der Waals surface area contributed by atoms with Crippen molar-refractivity contribution in [3.05, 3.63) is 59.7 Å².